The molecule has 6 heteroatoms. The summed E-state index contributed by atoms with van der Waals surface area (Å²) in [5.74, 6) is 0.0829. The van der Waals surface area contributed by atoms with Crippen molar-refractivity contribution in [2.24, 2.45) is 0 Å². The van der Waals surface area contributed by atoms with Crippen molar-refractivity contribution in [2.45, 2.75) is 31.8 Å². The van der Waals surface area contributed by atoms with Crippen molar-refractivity contribution in [3.63, 3.8) is 0 Å². The highest BCUT2D eigenvalue weighted by molar-refractivity contribution is 7.20. The second kappa shape index (κ2) is 8.78. The predicted molar refractivity (Wildman–Crippen MR) is 112 cm³/mol. The standard InChI is InChI=1S/C21H23N3OS2/c25-20(13-18-15-27-21(23-18)19-7-4-12-26-19)22-17-8-10-24(11-9-17)14-16-5-2-1-3-6-16/h1-7,12,15,17H,8-11,13-14H2,(H,22,25). The summed E-state index contributed by atoms with van der Waals surface area (Å²) in [6.07, 6.45) is 2.39. The zero-order valence-electron chi connectivity index (χ0n) is 15.1. The molecule has 0 saturated carbocycles. The Bertz CT molecular complexity index is 853. The lowest BCUT2D eigenvalue weighted by Gasteiger charge is -2.32. The van der Waals surface area contributed by atoms with Crippen LogP contribution in [-0.2, 0) is 17.8 Å². The Morgan fingerprint density at radius 1 is 1.11 bits per heavy atom. The molecule has 0 radical (unpaired) electrons. The van der Waals surface area contributed by atoms with E-state index in [-0.39, 0.29) is 11.9 Å². The summed E-state index contributed by atoms with van der Waals surface area (Å²) in [5.41, 5.74) is 2.22. The number of carbonyl (C=O) groups is 1. The number of likely N-dealkylation sites (tertiary alicyclic amines) is 1. The molecule has 4 nitrogen and oxygen atoms in total. The second-order valence-corrected chi connectivity index (χ2v) is 8.71. The van der Waals surface area contributed by atoms with E-state index in [4.69, 9.17) is 0 Å². The summed E-state index contributed by atoms with van der Waals surface area (Å²) in [6.45, 7) is 3.05. The molecule has 1 aromatic carbocycles. The molecule has 1 saturated heterocycles. The molecule has 1 aliphatic rings. The minimum atomic E-state index is 0.0829. The van der Waals surface area contributed by atoms with Crippen LogP contribution < -0.4 is 5.32 Å². The van der Waals surface area contributed by atoms with Crippen LogP contribution in [0, 0.1) is 0 Å². The molecule has 140 valence electrons. The van der Waals surface area contributed by atoms with E-state index in [2.05, 4.69) is 51.6 Å². The normalized spacial score (nSPS) is 15.7. The van der Waals surface area contributed by atoms with Crippen LogP contribution >= 0.6 is 22.7 Å². The molecule has 2 aromatic heterocycles. The van der Waals surface area contributed by atoms with Gasteiger partial charge in [0.1, 0.15) is 5.01 Å². The first-order chi connectivity index (χ1) is 13.3. The van der Waals surface area contributed by atoms with Crippen molar-refractivity contribution in [2.75, 3.05) is 13.1 Å². The average Bonchev–Trinajstić information content (AvgIpc) is 3.36. The molecule has 4 rings (SSSR count). The van der Waals surface area contributed by atoms with Crippen molar-refractivity contribution in [1.29, 1.82) is 0 Å². The van der Waals surface area contributed by atoms with Gasteiger partial charge in [-0.05, 0) is 29.9 Å². The van der Waals surface area contributed by atoms with Crippen LogP contribution in [0.1, 0.15) is 24.1 Å². The van der Waals surface area contributed by atoms with Gasteiger partial charge >= 0.3 is 0 Å². The van der Waals surface area contributed by atoms with Crippen molar-refractivity contribution >= 4 is 28.6 Å². The molecule has 1 amide bonds. The molecule has 1 N–H and O–H groups in total. The van der Waals surface area contributed by atoms with Crippen molar-refractivity contribution in [3.05, 3.63) is 64.5 Å². The number of piperidine rings is 1. The maximum absolute atomic E-state index is 12.4. The van der Waals surface area contributed by atoms with Gasteiger partial charge in [-0.15, -0.1) is 22.7 Å². The topological polar surface area (TPSA) is 45.2 Å². The van der Waals surface area contributed by atoms with Crippen LogP contribution in [0.2, 0.25) is 0 Å². The summed E-state index contributed by atoms with van der Waals surface area (Å²) < 4.78 is 0. The van der Waals surface area contributed by atoms with E-state index in [0.717, 1.165) is 48.1 Å². The highest BCUT2D eigenvalue weighted by Crippen LogP contribution is 2.27. The molecule has 3 heterocycles. The molecule has 27 heavy (non-hydrogen) atoms. The average molecular weight is 398 g/mol. The molecular formula is C21H23N3OS2. The number of carbonyl (C=O) groups excluding carboxylic acids is 1. The Labute approximate surface area is 167 Å². The Morgan fingerprint density at radius 2 is 1.93 bits per heavy atom. The number of nitrogens with one attached hydrogen (secondary N) is 1. The van der Waals surface area contributed by atoms with E-state index >= 15 is 0 Å². The highest BCUT2D eigenvalue weighted by Gasteiger charge is 2.21. The number of hydrogen-bond acceptors (Lipinski definition) is 5. The van der Waals surface area contributed by atoms with E-state index in [0.29, 0.717) is 6.42 Å². The van der Waals surface area contributed by atoms with E-state index < -0.39 is 0 Å². The Kier molecular flexibility index (Phi) is 5.97. The molecule has 1 fully saturated rings. The summed E-state index contributed by atoms with van der Waals surface area (Å²) in [7, 11) is 0. The van der Waals surface area contributed by atoms with Gasteiger partial charge in [-0.1, -0.05) is 36.4 Å². The zero-order chi connectivity index (χ0) is 18.5. The summed E-state index contributed by atoms with van der Waals surface area (Å²) in [4.78, 5) is 20.6. The smallest absolute Gasteiger partial charge is 0.226 e. The van der Waals surface area contributed by atoms with Crippen molar-refractivity contribution in [3.8, 4) is 9.88 Å². The SMILES string of the molecule is O=C(Cc1csc(-c2cccs2)n1)NC1CCN(Cc2ccccc2)CC1. The third-order valence-corrected chi connectivity index (χ3v) is 6.76. The van der Waals surface area contributed by atoms with Crippen molar-refractivity contribution < 1.29 is 4.79 Å². The minimum absolute atomic E-state index is 0.0829. The summed E-state index contributed by atoms with van der Waals surface area (Å²) in [5, 5.41) is 8.25. The quantitative estimate of drug-likeness (QED) is 0.678. The third kappa shape index (κ3) is 5.03. The van der Waals surface area contributed by atoms with Gasteiger partial charge in [0.25, 0.3) is 0 Å². The van der Waals surface area contributed by atoms with Gasteiger partial charge in [-0.3, -0.25) is 9.69 Å². The van der Waals surface area contributed by atoms with E-state index in [1.165, 1.54) is 5.56 Å². The highest BCUT2D eigenvalue weighted by atomic mass is 32.1. The number of amides is 1. The molecule has 0 aliphatic carbocycles. The fraction of sp³-hybridized carbons (Fsp3) is 0.333. The molecule has 0 bridgehead atoms. The van der Waals surface area contributed by atoms with Crippen LogP contribution in [0.5, 0.6) is 0 Å². The lowest BCUT2D eigenvalue weighted by Crippen LogP contribution is -2.44. The van der Waals surface area contributed by atoms with Gasteiger partial charge in [-0.2, -0.15) is 0 Å². The van der Waals surface area contributed by atoms with Gasteiger partial charge < -0.3 is 5.32 Å². The fourth-order valence-electron chi connectivity index (χ4n) is 3.42. The fourth-order valence-corrected chi connectivity index (χ4v) is 5.06. The summed E-state index contributed by atoms with van der Waals surface area (Å²) >= 11 is 3.29. The van der Waals surface area contributed by atoms with Crippen LogP contribution in [0.4, 0.5) is 0 Å². The molecule has 0 atom stereocenters. The Hall–Kier alpha value is -2.02. The van der Waals surface area contributed by atoms with E-state index in [1.54, 1.807) is 22.7 Å². The predicted octanol–water partition coefficient (Wildman–Crippen LogP) is 4.19. The van der Waals surface area contributed by atoms with Gasteiger partial charge in [0.15, 0.2) is 0 Å². The first-order valence-corrected chi connectivity index (χ1v) is 11.1. The minimum Gasteiger partial charge on any atom is -0.353 e. The lowest BCUT2D eigenvalue weighted by molar-refractivity contribution is -0.121. The third-order valence-electron chi connectivity index (χ3n) is 4.83. The molecule has 0 spiro atoms. The first-order valence-electron chi connectivity index (χ1n) is 9.30. The maximum Gasteiger partial charge on any atom is 0.226 e. The Morgan fingerprint density at radius 3 is 2.67 bits per heavy atom. The second-order valence-electron chi connectivity index (χ2n) is 6.90. The van der Waals surface area contributed by atoms with E-state index in [1.807, 2.05) is 16.8 Å². The number of rotatable bonds is 6. The lowest BCUT2D eigenvalue weighted by atomic mass is 10.0. The number of benzene rings is 1. The molecule has 3 aromatic rings. The first kappa shape index (κ1) is 18.3. The van der Waals surface area contributed by atoms with Crippen molar-refractivity contribution in [1.82, 2.24) is 15.2 Å². The summed E-state index contributed by atoms with van der Waals surface area (Å²) in [6, 6.07) is 14.9. The van der Waals surface area contributed by atoms with Gasteiger partial charge in [0.05, 0.1) is 17.0 Å². The van der Waals surface area contributed by atoms with Crippen LogP contribution in [0.25, 0.3) is 9.88 Å². The zero-order valence-corrected chi connectivity index (χ0v) is 16.8. The molecular weight excluding hydrogens is 374 g/mol. The number of aromatic nitrogens is 1. The monoisotopic (exact) mass is 397 g/mol. The number of thiophene rings is 1. The maximum atomic E-state index is 12.4. The van der Waals surface area contributed by atoms with Crippen LogP contribution in [0.3, 0.4) is 0 Å². The number of hydrogen-bond donors (Lipinski definition) is 1. The number of nitrogens with zero attached hydrogens (tertiary/aromatic N) is 2. The Balaban J connectivity index is 1.23. The van der Waals surface area contributed by atoms with E-state index in [9.17, 15) is 4.79 Å². The van der Waals surface area contributed by atoms with Gasteiger partial charge in [0, 0.05) is 31.1 Å². The largest absolute Gasteiger partial charge is 0.353 e. The van der Waals surface area contributed by atoms with Gasteiger partial charge in [-0.25, -0.2) is 4.98 Å². The van der Waals surface area contributed by atoms with Crippen LogP contribution in [0.15, 0.2) is 53.2 Å². The van der Waals surface area contributed by atoms with Crippen LogP contribution in [-0.4, -0.2) is 34.9 Å². The molecule has 1 aliphatic heterocycles. The van der Waals surface area contributed by atoms with Gasteiger partial charge in [0.2, 0.25) is 5.91 Å². The number of thiazole rings is 1. The molecule has 0 unspecified atom stereocenters.